The molecular weight excluding hydrogens is 318 g/mol. The largest absolute Gasteiger partial charge is 0.378 e. The summed E-state index contributed by atoms with van der Waals surface area (Å²) in [4.78, 5) is 11.8. The van der Waals surface area contributed by atoms with Crippen molar-refractivity contribution in [3.8, 4) is 0 Å². The number of anilines is 1. The van der Waals surface area contributed by atoms with E-state index in [0.29, 0.717) is 19.8 Å². The van der Waals surface area contributed by atoms with Crippen LogP contribution < -0.4 is 15.8 Å². The van der Waals surface area contributed by atoms with Gasteiger partial charge in [-0.2, -0.15) is 0 Å². The predicted octanol–water partition coefficient (Wildman–Crippen LogP) is 0.304. The van der Waals surface area contributed by atoms with Gasteiger partial charge >= 0.3 is 0 Å². The lowest BCUT2D eigenvalue weighted by Gasteiger charge is -2.23. The number of carbonyl (C=O) groups is 1. The lowest BCUT2D eigenvalue weighted by molar-refractivity contribution is -0.117. The summed E-state index contributed by atoms with van der Waals surface area (Å²) in [6.07, 6.45) is 0.204. The first-order valence-electron chi connectivity index (χ1n) is 6.29. The molecule has 7 nitrogen and oxygen atoms in total. The maximum Gasteiger partial charge on any atom is 0.238 e. The molecule has 1 amide bonds. The monoisotopic (exact) mass is 333 g/mol. The van der Waals surface area contributed by atoms with E-state index in [9.17, 15) is 13.2 Å². The molecule has 1 unspecified atom stereocenters. The SMILES string of the molecule is NS(=O)(=O)c1ccc(Cl)c(NC(=O)CC2COCCN2)c1. The lowest BCUT2D eigenvalue weighted by Crippen LogP contribution is -2.43. The first-order valence-corrected chi connectivity index (χ1v) is 8.22. The second-order valence-electron chi connectivity index (χ2n) is 4.66. The minimum absolute atomic E-state index is 0.0704. The minimum Gasteiger partial charge on any atom is -0.378 e. The third-order valence-corrected chi connectivity index (χ3v) is 4.21. The average Bonchev–Trinajstić information content (AvgIpc) is 2.41. The van der Waals surface area contributed by atoms with E-state index >= 15 is 0 Å². The van der Waals surface area contributed by atoms with E-state index < -0.39 is 10.0 Å². The molecule has 1 atom stereocenters. The van der Waals surface area contributed by atoms with E-state index in [4.69, 9.17) is 21.5 Å². The molecule has 4 N–H and O–H groups in total. The van der Waals surface area contributed by atoms with Gasteiger partial charge in [0.25, 0.3) is 0 Å². The van der Waals surface area contributed by atoms with Gasteiger partial charge in [-0.25, -0.2) is 13.6 Å². The fourth-order valence-corrected chi connectivity index (χ4v) is 2.66. The number of nitrogens with two attached hydrogens (primary N) is 1. The first kappa shape index (κ1) is 16.2. The Balaban J connectivity index is 2.06. The van der Waals surface area contributed by atoms with Crippen LogP contribution in [0.1, 0.15) is 6.42 Å². The second kappa shape index (κ2) is 6.71. The van der Waals surface area contributed by atoms with Gasteiger partial charge in [-0.05, 0) is 18.2 Å². The Morgan fingerprint density at radius 2 is 2.29 bits per heavy atom. The highest BCUT2D eigenvalue weighted by Crippen LogP contribution is 2.25. The summed E-state index contributed by atoms with van der Waals surface area (Å²) in [7, 11) is -3.85. The Hall–Kier alpha value is -1.19. The molecule has 116 valence electrons. The van der Waals surface area contributed by atoms with Gasteiger partial charge in [-0.1, -0.05) is 11.6 Å². The highest BCUT2D eigenvalue weighted by molar-refractivity contribution is 7.89. The zero-order chi connectivity index (χ0) is 15.5. The lowest BCUT2D eigenvalue weighted by atomic mass is 10.2. The molecule has 9 heteroatoms. The number of amides is 1. The van der Waals surface area contributed by atoms with Crippen molar-refractivity contribution in [2.45, 2.75) is 17.4 Å². The van der Waals surface area contributed by atoms with E-state index in [1.54, 1.807) is 0 Å². The van der Waals surface area contributed by atoms with E-state index in [0.717, 1.165) is 0 Å². The van der Waals surface area contributed by atoms with Crippen LogP contribution in [0, 0.1) is 0 Å². The molecule has 0 saturated carbocycles. The molecule has 1 aromatic rings. The summed E-state index contributed by atoms with van der Waals surface area (Å²) < 4.78 is 27.8. The van der Waals surface area contributed by atoms with Crippen LogP contribution in [0.3, 0.4) is 0 Å². The number of primary sulfonamides is 1. The number of rotatable bonds is 4. The topological polar surface area (TPSA) is 111 Å². The molecule has 0 aromatic heterocycles. The fraction of sp³-hybridized carbons (Fsp3) is 0.417. The number of carbonyl (C=O) groups excluding carboxylic acids is 1. The van der Waals surface area contributed by atoms with Crippen LogP contribution >= 0.6 is 11.6 Å². The number of morpholine rings is 1. The van der Waals surface area contributed by atoms with Gasteiger partial charge in [-0.15, -0.1) is 0 Å². The quantitative estimate of drug-likeness (QED) is 0.734. The zero-order valence-corrected chi connectivity index (χ0v) is 12.7. The Morgan fingerprint density at radius 1 is 1.52 bits per heavy atom. The van der Waals surface area contributed by atoms with Crippen LogP contribution in [0.5, 0.6) is 0 Å². The predicted molar refractivity (Wildman–Crippen MR) is 78.7 cm³/mol. The number of hydrogen-bond donors (Lipinski definition) is 3. The first-order chi connectivity index (χ1) is 9.86. The van der Waals surface area contributed by atoms with Crippen molar-refractivity contribution in [1.29, 1.82) is 0 Å². The van der Waals surface area contributed by atoms with Gasteiger partial charge in [-0.3, -0.25) is 4.79 Å². The summed E-state index contributed by atoms with van der Waals surface area (Å²) in [5.41, 5.74) is 0.213. The van der Waals surface area contributed by atoms with Crippen molar-refractivity contribution in [2.24, 2.45) is 5.14 Å². The molecule has 0 bridgehead atoms. The zero-order valence-electron chi connectivity index (χ0n) is 11.1. The molecule has 1 aliphatic heterocycles. The molecule has 1 aliphatic rings. The van der Waals surface area contributed by atoms with Crippen molar-refractivity contribution in [3.05, 3.63) is 23.2 Å². The number of sulfonamides is 1. The van der Waals surface area contributed by atoms with Gasteiger partial charge < -0.3 is 15.4 Å². The van der Waals surface area contributed by atoms with Crippen LogP contribution in [0.2, 0.25) is 5.02 Å². The van der Waals surface area contributed by atoms with Crippen LogP contribution in [0.4, 0.5) is 5.69 Å². The molecule has 1 aromatic carbocycles. The number of benzene rings is 1. The third kappa shape index (κ3) is 4.65. The van der Waals surface area contributed by atoms with Gasteiger partial charge in [0.15, 0.2) is 0 Å². The van der Waals surface area contributed by atoms with Crippen LogP contribution in [-0.2, 0) is 19.6 Å². The highest BCUT2D eigenvalue weighted by Gasteiger charge is 2.18. The summed E-state index contributed by atoms with van der Waals surface area (Å²) in [6, 6.07) is 3.82. The maximum atomic E-state index is 11.9. The summed E-state index contributed by atoms with van der Waals surface area (Å²) in [5.74, 6) is -0.286. The van der Waals surface area contributed by atoms with E-state index in [1.165, 1.54) is 18.2 Å². The van der Waals surface area contributed by atoms with E-state index in [2.05, 4.69) is 10.6 Å². The summed E-state index contributed by atoms with van der Waals surface area (Å²) >= 11 is 5.94. The standard InChI is InChI=1S/C12H16ClN3O4S/c13-10-2-1-9(21(14,18)19)6-11(10)16-12(17)5-8-7-20-4-3-15-8/h1-2,6,8,15H,3-5,7H2,(H,16,17)(H2,14,18,19). The van der Waals surface area contributed by atoms with Crippen molar-refractivity contribution >= 4 is 33.2 Å². The highest BCUT2D eigenvalue weighted by atomic mass is 35.5. The van der Waals surface area contributed by atoms with Gasteiger partial charge in [0.05, 0.1) is 28.8 Å². The molecule has 1 saturated heterocycles. The number of ether oxygens (including phenoxy) is 1. The Labute approximate surface area is 127 Å². The molecule has 0 radical (unpaired) electrons. The number of hydrogen-bond acceptors (Lipinski definition) is 5. The van der Waals surface area contributed by atoms with Crippen LogP contribution in [0.15, 0.2) is 23.1 Å². The third-order valence-electron chi connectivity index (χ3n) is 2.97. The van der Waals surface area contributed by atoms with Crippen molar-refractivity contribution in [3.63, 3.8) is 0 Å². The van der Waals surface area contributed by atoms with Crippen molar-refractivity contribution < 1.29 is 17.9 Å². The van der Waals surface area contributed by atoms with Crippen LogP contribution in [-0.4, -0.2) is 40.1 Å². The Bertz CT molecular complexity index is 629. The number of halogens is 1. The van der Waals surface area contributed by atoms with E-state index in [1.807, 2.05) is 0 Å². The molecule has 1 heterocycles. The minimum atomic E-state index is -3.85. The maximum absolute atomic E-state index is 11.9. The smallest absolute Gasteiger partial charge is 0.238 e. The van der Waals surface area contributed by atoms with Gasteiger partial charge in [0.2, 0.25) is 15.9 Å². The molecule has 0 spiro atoms. The molecule has 2 rings (SSSR count). The molecule has 21 heavy (non-hydrogen) atoms. The van der Waals surface area contributed by atoms with Crippen LogP contribution in [0.25, 0.3) is 0 Å². The van der Waals surface area contributed by atoms with E-state index in [-0.39, 0.29) is 34.0 Å². The number of nitrogens with one attached hydrogen (secondary N) is 2. The fourth-order valence-electron chi connectivity index (χ4n) is 1.95. The molecular formula is C12H16ClN3O4S. The summed E-state index contributed by atoms with van der Waals surface area (Å²) in [6.45, 7) is 1.78. The average molecular weight is 334 g/mol. The normalized spacial score (nSPS) is 19.2. The summed E-state index contributed by atoms with van der Waals surface area (Å²) in [5, 5.41) is 11.0. The van der Waals surface area contributed by atoms with Gasteiger partial charge in [0, 0.05) is 19.0 Å². The molecule has 0 aliphatic carbocycles. The Kier molecular flexibility index (Phi) is 5.17. The van der Waals surface area contributed by atoms with Crippen molar-refractivity contribution in [2.75, 3.05) is 25.1 Å². The van der Waals surface area contributed by atoms with Crippen molar-refractivity contribution in [1.82, 2.24) is 5.32 Å². The Morgan fingerprint density at radius 3 is 2.90 bits per heavy atom. The second-order valence-corrected chi connectivity index (χ2v) is 6.63. The van der Waals surface area contributed by atoms with Gasteiger partial charge in [0.1, 0.15) is 0 Å². The molecule has 1 fully saturated rings.